The van der Waals surface area contributed by atoms with Crippen molar-refractivity contribution in [2.75, 3.05) is 39.3 Å². The van der Waals surface area contributed by atoms with Crippen molar-refractivity contribution in [3.05, 3.63) is 77.0 Å². The lowest BCUT2D eigenvalue weighted by Crippen LogP contribution is -2.48. The number of amidine groups is 1. The molecule has 0 bridgehead atoms. The Morgan fingerprint density at radius 3 is 2.06 bits per heavy atom. The highest BCUT2D eigenvalue weighted by Crippen LogP contribution is 2.26. The number of allylic oxidation sites excluding steroid dienone is 1. The van der Waals surface area contributed by atoms with E-state index in [4.69, 9.17) is 16.6 Å². The van der Waals surface area contributed by atoms with Crippen LogP contribution in [0.15, 0.2) is 65.8 Å². The van der Waals surface area contributed by atoms with Crippen LogP contribution in [0.3, 0.4) is 0 Å². The number of hydrogen-bond donors (Lipinski definition) is 0. The Bertz CT molecular complexity index is 942. The molecule has 0 aliphatic carbocycles. The maximum atomic E-state index is 12.7. The molecule has 5 nitrogen and oxygen atoms in total. The lowest BCUT2D eigenvalue weighted by atomic mass is 10.1. The second-order valence-corrected chi connectivity index (χ2v) is 8.06. The topological polar surface area (TPSA) is 39.1 Å². The molecule has 0 saturated carbocycles. The van der Waals surface area contributed by atoms with E-state index >= 15 is 0 Å². The highest BCUT2D eigenvalue weighted by molar-refractivity contribution is 6.33. The van der Waals surface area contributed by atoms with E-state index in [1.165, 1.54) is 0 Å². The Balaban J connectivity index is 1.93. The van der Waals surface area contributed by atoms with Crippen LogP contribution in [-0.4, -0.2) is 65.7 Å². The summed E-state index contributed by atoms with van der Waals surface area (Å²) in [6, 6.07) is 15.4. The summed E-state index contributed by atoms with van der Waals surface area (Å²) in [5, 5.41) is 0.619. The molecule has 0 N–H and O–H groups in total. The van der Waals surface area contributed by atoms with Crippen LogP contribution in [0.5, 0.6) is 0 Å². The number of halogens is 1. The van der Waals surface area contributed by atoms with Gasteiger partial charge in [-0.25, -0.2) is 4.99 Å². The zero-order valence-corrected chi connectivity index (χ0v) is 19.4. The van der Waals surface area contributed by atoms with Crippen molar-refractivity contribution in [1.29, 1.82) is 0 Å². The van der Waals surface area contributed by atoms with Crippen molar-refractivity contribution < 1.29 is 4.79 Å². The molecule has 3 rings (SSSR count). The third-order valence-corrected chi connectivity index (χ3v) is 5.96. The Kier molecular flexibility index (Phi) is 7.75. The van der Waals surface area contributed by atoms with Crippen LogP contribution in [-0.2, 0) is 0 Å². The molecule has 0 unspecified atom stereocenters. The fourth-order valence-corrected chi connectivity index (χ4v) is 3.91. The lowest BCUT2D eigenvalue weighted by molar-refractivity contribution is 0.0773. The van der Waals surface area contributed by atoms with Gasteiger partial charge in [-0.15, -0.1) is 0 Å². The Morgan fingerprint density at radius 1 is 0.968 bits per heavy atom. The van der Waals surface area contributed by atoms with Crippen molar-refractivity contribution in [1.82, 2.24) is 14.7 Å². The summed E-state index contributed by atoms with van der Waals surface area (Å²) in [6.07, 6.45) is 0. The molecule has 0 atom stereocenters. The number of hydrogen-bond acceptors (Lipinski definition) is 3. The molecule has 0 spiro atoms. The molecule has 1 aliphatic rings. The van der Waals surface area contributed by atoms with E-state index in [0.29, 0.717) is 23.7 Å². The fourth-order valence-electron chi connectivity index (χ4n) is 3.73. The Labute approximate surface area is 190 Å². The Morgan fingerprint density at radius 2 is 1.52 bits per heavy atom. The first-order chi connectivity index (χ1) is 14.9. The molecular weight excluding hydrogens is 408 g/mol. The van der Waals surface area contributed by atoms with Crippen LogP contribution in [0.1, 0.15) is 36.7 Å². The predicted octanol–water partition coefficient (Wildman–Crippen LogP) is 5.05. The largest absolute Gasteiger partial charge is 0.372 e. The van der Waals surface area contributed by atoms with Gasteiger partial charge in [0.25, 0.3) is 5.91 Å². The number of aliphatic imine (C=N–C) groups is 1. The fraction of sp³-hybridized carbons (Fsp3) is 0.360. The number of amides is 1. The van der Waals surface area contributed by atoms with Gasteiger partial charge < -0.3 is 14.7 Å². The highest BCUT2D eigenvalue weighted by Gasteiger charge is 2.22. The second kappa shape index (κ2) is 10.5. The zero-order chi connectivity index (χ0) is 22.4. The molecule has 1 fully saturated rings. The van der Waals surface area contributed by atoms with E-state index in [-0.39, 0.29) is 5.91 Å². The molecule has 2 aromatic carbocycles. The SMILES string of the molecule is C=C(C)N1CCN(C(=Nc2ccccc2Cl)c2ccc(C(=O)N(CC)CC)cc2)CC1. The van der Waals surface area contributed by atoms with Crippen molar-refractivity contribution >= 4 is 29.0 Å². The maximum absolute atomic E-state index is 12.7. The third-order valence-electron chi connectivity index (χ3n) is 5.64. The van der Waals surface area contributed by atoms with Gasteiger partial charge >= 0.3 is 0 Å². The Hall–Kier alpha value is -2.79. The van der Waals surface area contributed by atoms with Gasteiger partial charge in [0.1, 0.15) is 5.84 Å². The first-order valence-electron chi connectivity index (χ1n) is 10.8. The first kappa shape index (κ1) is 22.9. The highest BCUT2D eigenvalue weighted by atomic mass is 35.5. The van der Waals surface area contributed by atoms with Crippen molar-refractivity contribution in [2.45, 2.75) is 20.8 Å². The van der Waals surface area contributed by atoms with E-state index in [2.05, 4.69) is 16.4 Å². The van der Waals surface area contributed by atoms with Gasteiger partial charge in [0.05, 0.1) is 10.7 Å². The van der Waals surface area contributed by atoms with Crippen LogP contribution in [0, 0.1) is 0 Å². The van der Waals surface area contributed by atoms with Gasteiger partial charge in [-0.05, 0) is 45.0 Å². The molecule has 1 aliphatic heterocycles. The predicted molar refractivity (Wildman–Crippen MR) is 129 cm³/mol. The smallest absolute Gasteiger partial charge is 0.253 e. The number of carbonyl (C=O) groups is 1. The molecule has 2 aromatic rings. The monoisotopic (exact) mass is 438 g/mol. The van der Waals surface area contributed by atoms with Crippen LogP contribution in [0.4, 0.5) is 5.69 Å². The summed E-state index contributed by atoms with van der Waals surface area (Å²) >= 11 is 6.40. The molecule has 1 amide bonds. The summed E-state index contributed by atoms with van der Waals surface area (Å²) in [6.45, 7) is 15.0. The second-order valence-electron chi connectivity index (χ2n) is 7.65. The van der Waals surface area contributed by atoms with E-state index in [0.717, 1.165) is 49.0 Å². The minimum absolute atomic E-state index is 0.0521. The summed E-state index contributed by atoms with van der Waals surface area (Å²) < 4.78 is 0. The van der Waals surface area contributed by atoms with Crippen molar-refractivity contribution in [3.8, 4) is 0 Å². The van der Waals surface area contributed by atoms with E-state index in [1.807, 2.05) is 74.2 Å². The summed E-state index contributed by atoms with van der Waals surface area (Å²) in [4.78, 5) is 24.0. The standard InChI is InChI=1S/C25H31ClN4O/c1-5-28(6-2)25(31)21-13-11-20(12-14-21)24(27-23-10-8-7-9-22(23)26)30-17-15-29(16-18-30)19(3)4/h7-14H,3,5-6,15-18H2,1-2,4H3. The van der Waals surface area contributed by atoms with Crippen molar-refractivity contribution in [2.24, 2.45) is 4.99 Å². The zero-order valence-electron chi connectivity index (χ0n) is 18.6. The van der Waals surface area contributed by atoms with E-state index < -0.39 is 0 Å². The number of rotatable bonds is 6. The van der Waals surface area contributed by atoms with Gasteiger partial charge in [-0.1, -0.05) is 42.4 Å². The first-order valence-corrected chi connectivity index (χ1v) is 11.2. The van der Waals surface area contributed by atoms with Gasteiger partial charge in [-0.2, -0.15) is 0 Å². The molecule has 31 heavy (non-hydrogen) atoms. The molecule has 164 valence electrons. The van der Waals surface area contributed by atoms with Gasteiger partial charge in [0.2, 0.25) is 0 Å². The van der Waals surface area contributed by atoms with Crippen LogP contribution >= 0.6 is 11.6 Å². The van der Waals surface area contributed by atoms with E-state index in [9.17, 15) is 4.79 Å². The summed E-state index contributed by atoms with van der Waals surface area (Å²) in [7, 11) is 0. The summed E-state index contributed by atoms with van der Waals surface area (Å²) in [5.41, 5.74) is 3.49. The maximum Gasteiger partial charge on any atom is 0.253 e. The van der Waals surface area contributed by atoms with Gasteiger partial charge in [0, 0.05) is 56.1 Å². The molecule has 1 saturated heterocycles. The normalized spacial score (nSPS) is 14.5. The van der Waals surface area contributed by atoms with Gasteiger partial charge in [-0.3, -0.25) is 4.79 Å². The quantitative estimate of drug-likeness (QED) is 0.468. The average molecular weight is 439 g/mol. The van der Waals surface area contributed by atoms with Crippen LogP contribution < -0.4 is 0 Å². The van der Waals surface area contributed by atoms with Crippen molar-refractivity contribution in [3.63, 3.8) is 0 Å². The number of piperazine rings is 1. The lowest BCUT2D eigenvalue weighted by Gasteiger charge is -2.38. The minimum atomic E-state index is 0.0521. The average Bonchev–Trinajstić information content (AvgIpc) is 2.79. The number of benzene rings is 2. The number of carbonyl (C=O) groups excluding carboxylic acids is 1. The molecule has 0 radical (unpaired) electrons. The summed E-state index contributed by atoms with van der Waals surface area (Å²) in [5.74, 6) is 0.924. The van der Waals surface area contributed by atoms with Crippen LogP contribution in [0.2, 0.25) is 5.02 Å². The number of nitrogens with zero attached hydrogens (tertiary/aromatic N) is 4. The van der Waals surface area contributed by atoms with E-state index in [1.54, 1.807) is 0 Å². The molecule has 6 heteroatoms. The molecule has 0 aromatic heterocycles. The van der Waals surface area contributed by atoms with Gasteiger partial charge in [0.15, 0.2) is 0 Å². The molecule has 1 heterocycles. The van der Waals surface area contributed by atoms with Crippen LogP contribution in [0.25, 0.3) is 0 Å². The number of para-hydroxylation sites is 1. The third kappa shape index (κ3) is 5.47. The molecular formula is C25H31ClN4O. The minimum Gasteiger partial charge on any atom is -0.372 e.